The molecule has 0 radical (unpaired) electrons. The van der Waals surface area contributed by atoms with Crippen LogP contribution in [0.2, 0.25) is 0 Å². The van der Waals surface area contributed by atoms with E-state index in [-0.39, 0.29) is 0 Å². The molecule has 1 heterocycles. The predicted octanol–water partition coefficient (Wildman–Crippen LogP) is -4.31. The smallest absolute Gasteiger partial charge is 0.330 e. The Hall–Kier alpha value is -1.75. The van der Waals surface area contributed by atoms with Crippen molar-refractivity contribution >= 4 is 0 Å². The van der Waals surface area contributed by atoms with Gasteiger partial charge >= 0.3 is 17.1 Å². The van der Waals surface area contributed by atoms with Crippen molar-refractivity contribution in [1.82, 2.24) is 15.0 Å². The summed E-state index contributed by atoms with van der Waals surface area (Å²) in [5.41, 5.74) is -3.52. The van der Waals surface area contributed by atoms with E-state index in [4.69, 9.17) is 20.4 Å². The highest BCUT2D eigenvalue weighted by molar-refractivity contribution is 4.74. The Bertz CT molecular complexity index is 402. The van der Waals surface area contributed by atoms with Crippen molar-refractivity contribution in [3.05, 3.63) is 31.5 Å². The number of aliphatic hydroxyl groups excluding tert-OH is 4. The minimum Gasteiger partial charge on any atom is -0.396 e. The van der Waals surface area contributed by atoms with Gasteiger partial charge in [-0.15, -0.1) is 0 Å². The van der Waals surface area contributed by atoms with Crippen LogP contribution in [0.3, 0.4) is 0 Å². The molecule has 0 saturated heterocycles. The van der Waals surface area contributed by atoms with Gasteiger partial charge in [-0.2, -0.15) is 0 Å². The van der Waals surface area contributed by atoms with E-state index in [2.05, 4.69) is 0 Å². The van der Waals surface area contributed by atoms with Gasteiger partial charge in [0.05, 0.1) is 31.8 Å². The van der Waals surface area contributed by atoms with Gasteiger partial charge in [0.25, 0.3) is 0 Å². The van der Waals surface area contributed by atoms with Crippen molar-refractivity contribution in [2.24, 2.45) is 5.41 Å². The first-order chi connectivity index (χ1) is 8.42. The maximum atomic E-state index is 10.2. The maximum Gasteiger partial charge on any atom is 0.330 e. The quantitative estimate of drug-likeness (QED) is 0.287. The lowest BCUT2D eigenvalue weighted by Crippen LogP contribution is -2.37. The molecule has 0 spiro atoms. The second-order valence-electron chi connectivity index (χ2n) is 3.49. The third-order valence-electron chi connectivity index (χ3n) is 2.02. The molecular weight excluding hydrogens is 250 g/mol. The fraction of sp³-hybridized carbons (Fsp3) is 0.625. The molecule has 1 aromatic heterocycles. The van der Waals surface area contributed by atoms with Crippen LogP contribution in [0.1, 0.15) is 0 Å². The van der Waals surface area contributed by atoms with Gasteiger partial charge < -0.3 is 20.4 Å². The van der Waals surface area contributed by atoms with Crippen LogP contribution in [0, 0.1) is 5.41 Å². The first-order valence-electron chi connectivity index (χ1n) is 4.79. The van der Waals surface area contributed by atoms with Crippen LogP contribution < -0.4 is 17.1 Å². The van der Waals surface area contributed by atoms with Crippen molar-refractivity contribution in [3.8, 4) is 0 Å². The van der Waals surface area contributed by atoms with E-state index < -0.39 is 48.9 Å². The largest absolute Gasteiger partial charge is 0.396 e. The van der Waals surface area contributed by atoms with E-state index in [1.54, 1.807) is 15.0 Å². The van der Waals surface area contributed by atoms with Crippen molar-refractivity contribution in [2.45, 2.75) is 0 Å². The lowest BCUT2D eigenvalue weighted by molar-refractivity contribution is -0.0328. The minimum atomic E-state index is -1.11. The van der Waals surface area contributed by atoms with Gasteiger partial charge in [0.2, 0.25) is 0 Å². The molecule has 1 aromatic rings. The lowest BCUT2D eigenvalue weighted by Gasteiger charge is -2.23. The van der Waals surface area contributed by atoms with Crippen LogP contribution in [-0.2, 0) is 0 Å². The summed E-state index contributed by atoms with van der Waals surface area (Å²) in [6.07, 6.45) is 0. The van der Waals surface area contributed by atoms with Crippen molar-refractivity contribution in [2.75, 3.05) is 26.4 Å². The van der Waals surface area contributed by atoms with Crippen molar-refractivity contribution in [3.63, 3.8) is 0 Å². The summed E-state index contributed by atoms with van der Waals surface area (Å²) in [6.45, 7) is -1.62. The average Bonchev–Trinajstić information content (AvgIpc) is 2.32. The normalized spacial score (nSPS) is 10.7. The SMILES string of the molecule is O=c1[nH]c(=O)[nH]c(=O)[nH]1.OCC(CO)(CO)CO. The number of rotatable bonds is 4. The number of aliphatic hydroxyl groups is 4. The fourth-order valence-corrected chi connectivity index (χ4v) is 0.703. The third kappa shape index (κ3) is 5.05. The first-order valence-corrected chi connectivity index (χ1v) is 4.79. The van der Waals surface area contributed by atoms with Crippen LogP contribution in [0.4, 0.5) is 0 Å². The van der Waals surface area contributed by atoms with Gasteiger partial charge in [-0.1, -0.05) is 0 Å². The van der Waals surface area contributed by atoms with Gasteiger partial charge in [-0.05, 0) is 0 Å². The van der Waals surface area contributed by atoms with E-state index in [0.717, 1.165) is 0 Å². The topological polar surface area (TPSA) is 179 Å². The molecule has 0 bridgehead atoms. The Morgan fingerprint density at radius 1 is 0.667 bits per heavy atom. The number of nitrogens with one attached hydrogen (secondary N) is 3. The minimum absolute atomic E-state index is 0.406. The van der Waals surface area contributed by atoms with E-state index >= 15 is 0 Å². The van der Waals surface area contributed by atoms with Crippen LogP contribution in [0.15, 0.2) is 14.4 Å². The molecule has 0 aromatic carbocycles. The second kappa shape index (κ2) is 7.55. The molecule has 0 aliphatic rings. The Labute approximate surface area is 99.6 Å². The molecule has 18 heavy (non-hydrogen) atoms. The fourth-order valence-electron chi connectivity index (χ4n) is 0.703. The molecule has 0 atom stereocenters. The molecule has 10 nitrogen and oxygen atoms in total. The van der Waals surface area contributed by atoms with E-state index in [9.17, 15) is 14.4 Å². The van der Waals surface area contributed by atoms with Gasteiger partial charge in [0, 0.05) is 0 Å². The maximum absolute atomic E-state index is 10.2. The van der Waals surface area contributed by atoms with E-state index in [1.165, 1.54) is 0 Å². The summed E-state index contributed by atoms with van der Waals surface area (Å²) in [5.74, 6) is 0. The molecule has 0 amide bonds. The number of H-pyrrole nitrogens is 3. The molecular formula is C8H15N3O7. The predicted molar refractivity (Wildman–Crippen MR) is 59.1 cm³/mol. The Morgan fingerprint density at radius 3 is 1.00 bits per heavy atom. The van der Waals surface area contributed by atoms with Gasteiger partial charge in [0.15, 0.2) is 0 Å². The van der Waals surface area contributed by atoms with Crippen molar-refractivity contribution in [1.29, 1.82) is 0 Å². The number of aromatic amines is 3. The van der Waals surface area contributed by atoms with Gasteiger partial charge in [0.1, 0.15) is 0 Å². The summed E-state index contributed by atoms with van der Waals surface area (Å²) in [5, 5.41) is 34.0. The number of hydrogen-bond acceptors (Lipinski definition) is 7. The van der Waals surface area contributed by atoms with Gasteiger partial charge in [-0.25, -0.2) is 14.4 Å². The summed E-state index contributed by atoms with van der Waals surface area (Å²) in [4.78, 5) is 35.9. The van der Waals surface area contributed by atoms with Crippen LogP contribution in [0.5, 0.6) is 0 Å². The van der Waals surface area contributed by atoms with Crippen LogP contribution in [-0.4, -0.2) is 61.8 Å². The van der Waals surface area contributed by atoms with E-state index in [0.29, 0.717) is 0 Å². The molecule has 0 unspecified atom stereocenters. The van der Waals surface area contributed by atoms with E-state index in [1.807, 2.05) is 0 Å². The lowest BCUT2D eigenvalue weighted by atomic mass is 9.93. The zero-order chi connectivity index (χ0) is 14.2. The first kappa shape index (κ1) is 16.2. The van der Waals surface area contributed by atoms with Crippen LogP contribution >= 0.6 is 0 Å². The Morgan fingerprint density at radius 2 is 0.889 bits per heavy atom. The highest BCUT2D eigenvalue weighted by Crippen LogP contribution is 2.11. The van der Waals surface area contributed by atoms with Gasteiger partial charge in [-0.3, -0.25) is 15.0 Å². The zero-order valence-electron chi connectivity index (χ0n) is 9.34. The number of aromatic nitrogens is 3. The Kier molecular flexibility index (Phi) is 6.82. The average molecular weight is 265 g/mol. The summed E-state index contributed by atoms with van der Waals surface area (Å²) >= 11 is 0. The summed E-state index contributed by atoms with van der Waals surface area (Å²) in [6, 6.07) is 0. The molecule has 0 aliphatic carbocycles. The highest BCUT2D eigenvalue weighted by Gasteiger charge is 2.26. The molecule has 7 N–H and O–H groups in total. The van der Waals surface area contributed by atoms with Crippen molar-refractivity contribution < 1.29 is 20.4 Å². The monoisotopic (exact) mass is 265 g/mol. The summed E-state index contributed by atoms with van der Waals surface area (Å²) < 4.78 is 0. The Balaban J connectivity index is 0.000000321. The molecule has 104 valence electrons. The van der Waals surface area contributed by atoms with Crippen LogP contribution in [0.25, 0.3) is 0 Å². The standard InChI is InChI=1S/C5H12O4.C3H3N3O3/c6-1-5(2-7,3-8)4-9;7-1-4-2(8)6-3(9)5-1/h6-9H,1-4H2;(H3,4,5,6,7,8,9). The number of hydrogen-bond donors (Lipinski definition) is 7. The molecule has 1 rings (SSSR count). The summed E-state index contributed by atoms with van der Waals surface area (Å²) in [7, 11) is 0. The molecule has 0 saturated carbocycles. The molecule has 10 heteroatoms. The second-order valence-corrected chi connectivity index (χ2v) is 3.49. The molecule has 0 fully saturated rings. The highest BCUT2D eigenvalue weighted by atomic mass is 16.3. The molecule has 0 aliphatic heterocycles. The zero-order valence-corrected chi connectivity index (χ0v) is 9.34. The third-order valence-corrected chi connectivity index (χ3v) is 2.02.